The number of benzene rings is 2. The fourth-order valence-electron chi connectivity index (χ4n) is 2.21. The van der Waals surface area contributed by atoms with E-state index in [0.717, 1.165) is 11.4 Å². The zero-order chi connectivity index (χ0) is 13.8. The Kier molecular flexibility index (Phi) is 3.50. The highest BCUT2D eigenvalue weighted by atomic mass is 15.0. The van der Waals surface area contributed by atoms with Crippen molar-refractivity contribution in [3.05, 3.63) is 78.9 Å². The summed E-state index contributed by atoms with van der Waals surface area (Å²) in [6.07, 6.45) is 5.54. The molecule has 0 saturated carbocycles. The summed E-state index contributed by atoms with van der Waals surface area (Å²) in [4.78, 5) is 4.06. The maximum atomic E-state index is 4.06. The monoisotopic (exact) mass is 263 g/mol. The van der Waals surface area contributed by atoms with Crippen LogP contribution < -0.4 is 5.32 Å². The molecule has 1 N–H and O–H groups in total. The van der Waals surface area contributed by atoms with Gasteiger partial charge < -0.3 is 9.88 Å². The molecule has 0 aliphatic carbocycles. The molecule has 3 heteroatoms. The molecule has 0 fully saturated rings. The Morgan fingerprint density at radius 3 is 2.40 bits per heavy atom. The van der Waals surface area contributed by atoms with Crippen LogP contribution >= 0.6 is 0 Å². The summed E-state index contributed by atoms with van der Waals surface area (Å²) in [5, 5.41) is 3.49. The zero-order valence-electron chi connectivity index (χ0n) is 11.4. The minimum atomic E-state index is 0.272. The molecule has 3 rings (SSSR count). The van der Waals surface area contributed by atoms with Gasteiger partial charge >= 0.3 is 0 Å². The van der Waals surface area contributed by atoms with Crippen molar-refractivity contribution in [1.29, 1.82) is 0 Å². The standard InChI is InChI=1S/C17H17N3/c1-14(19-16-5-3-2-4-6-16)15-7-9-17(10-8-15)20-12-11-18-13-20/h2-14,19H,1H3. The number of hydrogen-bond acceptors (Lipinski definition) is 2. The average Bonchev–Trinajstić information content (AvgIpc) is 3.03. The fourth-order valence-corrected chi connectivity index (χ4v) is 2.21. The molecule has 2 aromatic carbocycles. The second-order valence-corrected chi connectivity index (χ2v) is 4.79. The number of hydrogen-bond donors (Lipinski definition) is 1. The van der Waals surface area contributed by atoms with Crippen LogP contribution in [0.2, 0.25) is 0 Å². The molecule has 0 aliphatic rings. The van der Waals surface area contributed by atoms with Crippen molar-refractivity contribution in [3.63, 3.8) is 0 Å². The van der Waals surface area contributed by atoms with Gasteiger partial charge in [-0.05, 0) is 36.8 Å². The summed E-state index contributed by atoms with van der Waals surface area (Å²) < 4.78 is 2.00. The van der Waals surface area contributed by atoms with Crippen molar-refractivity contribution in [2.75, 3.05) is 5.32 Å². The molecule has 1 unspecified atom stereocenters. The first-order chi connectivity index (χ1) is 9.83. The van der Waals surface area contributed by atoms with E-state index < -0.39 is 0 Å². The highest BCUT2D eigenvalue weighted by Gasteiger charge is 2.05. The number of nitrogens with zero attached hydrogens (tertiary/aromatic N) is 2. The summed E-state index contributed by atoms with van der Waals surface area (Å²) in [5.74, 6) is 0. The van der Waals surface area contributed by atoms with E-state index >= 15 is 0 Å². The van der Waals surface area contributed by atoms with Crippen molar-refractivity contribution < 1.29 is 0 Å². The second-order valence-electron chi connectivity index (χ2n) is 4.79. The molecule has 1 aromatic heterocycles. The number of aromatic nitrogens is 2. The molecule has 100 valence electrons. The van der Waals surface area contributed by atoms with Crippen molar-refractivity contribution in [2.24, 2.45) is 0 Å². The summed E-state index contributed by atoms with van der Waals surface area (Å²) in [6, 6.07) is 19.1. The molecule has 0 amide bonds. The third-order valence-electron chi connectivity index (χ3n) is 3.35. The second kappa shape index (κ2) is 5.61. The zero-order valence-corrected chi connectivity index (χ0v) is 11.4. The Labute approximate surface area is 118 Å². The van der Waals surface area contributed by atoms with E-state index in [9.17, 15) is 0 Å². The van der Waals surface area contributed by atoms with Gasteiger partial charge in [-0.15, -0.1) is 0 Å². The third-order valence-corrected chi connectivity index (χ3v) is 3.35. The van der Waals surface area contributed by atoms with Crippen LogP contribution in [0.4, 0.5) is 5.69 Å². The van der Waals surface area contributed by atoms with Crippen molar-refractivity contribution in [1.82, 2.24) is 9.55 Å². The highest BCUT2D eigenvalue weighted by molar-refractivity contribution is 5.45. The molecular weight excluding hydrogens is 246 g/mol. The Morgan fingerprint density at radius 2 is 1.75 bits per heavy atom. The first-order valence-electron chi connectivity index (χ1n) is 6.73. The summed E-state index contributed by atoms with van der Waals surface area (Å²) >= 11 is 0. The third kappa shape index (κ3) is 2.72. The van der Waals surface area contributed by atoms with Crippen LogP contribution in [0.3, 0.4) is 0 Å². The topological polar surface area (TPSA) is 29.9 Å². The van der Waals surface area contributed by atoms with Gasteiger partial charge in [0.1, 0.15) is 0 Å². The normalized spacial score (nSPS) is 12.1. The van der Waals surface area contributed by atoms with E-state index in [-0.39, 0.29) is 6.04 Å². The lowest BCUT2D eigenvalue weighted by Crippen LogP contribution is -2.06. The molecule has 1 atom stereocenters. The van der Waals surface area contributed by atoms with Gasteiger partial charge in [0.2, 0.25) is 0 Å². The molecule has 0 radical (unpaired) electrons. The van der Waals surface area contributed by atoms with Crippen LogP contribution in [0.15, 0.2) is 73.3 Å². The number of nitrogens with one attached hydrogen (secondary N) is 1. The molecular formula is C17H17N3. The number of para-hydroxylation sites is 1. The minimum absolute atomic E-state index is 0.272. The van der Waals surface area contributed by atoms with E-state index in [1.807, 2.05) is 29.0 Å². The first-order valence-corrected chi connectivity index (χ1v) is 6.73. The van der Waals surface area contributed by atoms with Gasteiger partial charge in [-0.25, -0.2) is 4.98 Å². The van der Waals surface area contributed by atoms with Gasteiger partial charge in [-0.1, -0.05) is 30.3 Å². The van der Waals surface area contributed by atoms with Crippen LogP contribution in [0.5, 0.6) is 0 Å². The average molecular weight is 263 g/mol. The van der Waals surface area contributed by atoms with Crippen LogP contribution in [0, 0.1) is 0 Å². The van der Waals surface area contributed by atoms with Gasteiger partial charge in [0.25, 0.3) is 0 Å². The molecule has 0 saturated heterocycles. The number of rotatable bonds is 4. The van der Waals surface area contributed by atoms with Crippen LogP contribution in [0.25, 0.3) is 5.69 Å². The molecule has 20 heavy (non-hydrogen) atoms. The van der Waals surface area contributed by atoms with Crippen LogP contribution in [-0.4, -0.2) is 9.55 Å². The predicted molar refractivity (Wildman–Crippen MR) is 82.0 cm³/mol. The molecule has 3 aromatic rings. The van der Waals surface area contributed by atoms with Gasteiger partial charge in [-0.2, -0.15) is 0 Å². The predicted octanol–water partition coefficient (Wildman–Crippen LogP) is 4.05. The molecule has 3 nitrogen and oxygen atoms in total. The maximum absolute atomic E-state index is 4.06. The number of anilines is 1. The van der Waals surface area contributed by atoms with Gasteiger partial charge in [-0.3, -0.25) is 0 Å². The van der Waals surface area contributed by atoms with E-state index in [2.05, 4.69) is 53.6 Å². The lowest BCUT2D eigenvalue weighted by molar-refractivity contribution is 0.883. The van der Waals surface area contributed by atoms with Crippen molar-refractivity contribution in [2.45, 2.75) is 13.0 Å². The molecule has 0 aliphatic heterocycles. The summed E-state index contributed by atoms with van der Waals surface area (Å²) in [6.45, 7) is 2.17. The Morgan fingerprint density at radius 1 is 1.00 bits per heavy atom. The first kappa shape index (κ1) is 12.5. The van der Waals surface area contributed by atoms with Crippen LogP contribution in [0.1, 0.15) is 18.5 Å². The van der Waals surface area contributed by atoms with Gasteiger partial charge in [0, 0.05) is 29.8 Å². The van der Waals surface area contributed by atoms with Gasteiger partial charge in [0.15, 0.2) is 0 Å². The van der Waals surface area contributed by atoms with E-state index in [1.165, 1.54) is 5.56 Å². The SMILES string of the molecule is CC(Nc1ccccc1)c1ccc(-n2ccnc2)cc1. The fraction of sp³-hybridized carbons (Fsp3) is 0.118. The lowest BCUT2D eigenvalue weighted by Gasteiger charge is -2.16. The van der Waals surface area contributed by atoms with E-state index in [0.29, 0.717) is 0 Å². The maximum Gasteiger partial charge on any atom is 0.0991 e. The highest BCUT2D eigenvalue weighted by Crippen LogP contribution is 2.20. The van der Waals surface area contributed by atoms with E-state index in [1.54, 1.807) is 12.5 Å². The van der Waals surface area contributed by atoms with Crippen molar-refractivity contribution in [3.8, 4) is 5.69 Å². The molecule has 1 heterocycles. The lowest BCUT2D eigenvalue weighted by atomic mass is 10.1. The summed E-state index contributed by atoms with van der Waals surface area (Å²) in [7, 11) is 0. The van der Waals surface area contributed by atoms with Crippen molar-refractivity contribution >= 4 is 5.69 Å². The molecule has 0 spiro atoms. The van der Waals surface area contributed by atoms with Crippen LogP contribution in [-0.2, 0) is 0 Å². The smallest absolute Gasteiger partial charge is 0.0991 e. The minimum Gasteiger partial charge on any atom is -0.379 e. The van der Waals surface area contributed by atoms with E-state index in [4.69, 9.17) is 0 Å². The summed E-state index contributed by atoms with van der Waals surface area (Å²) in [5.41, 5.74) is 3.52. The van der Waals surface area contributed by atoms with Gasteiger partial charge in [0.05, 0.1) is 6.33 Å². The Balaban J connectivity index is 1.74. The Bertz CT molecular complexity index is 642. The number of imidazole rings is 1. The quantitative estimate of drug-likeness (QED) is 0.769. The molecule has 0 bridgehead atoms. The largest absolute Gasteiger partial charge is 0.379 e. The Hall–Kier alpha value is -2.55.